The third-order valence-electron chi connectivity index (χ3n) is 5.19. The van der Waals surface area contributed by atoms with Crippen molar-refractivity contribution < 1.29 is 14.3 Å². The molecule has 0 amide bonds. The molecule has 5 heteroatoms. The number of aliphatic hydroxyl groups excluding tert-OH is 1. The van der Waals surface area contributed by atoms with E-state index in [0.717, 1.165) is 49.4 Å². The minimum absolute atomic E-state index is 0.0825. The van der Waals surface area contributed by atoms with Crippen molar-refractivity contribution in [2.24, 2.45) is 0 Å². The van der Waals surface area contributed by atoms with Crippen molar-refractivity contribution in [3.05, 3.63) is 71.0 Å². The maximum absolute atomic E-state index is 13.1. The summed E-state index contributed by atoms with van der Waals surface area (Å²) >= 11 is 0. The van der Waals surface area contributed by atoms with Crippen molar-refractivity contribution in [2.45, 2.75) is 32.5 Å². The second kappa shape index (κ2) is 9.22. The average Bonchev–Trinajstić information content (AvgIpc) is 2.66. The van der Waals surface area contributed by atoms with E-state index in [1.54, 1.807) is 6.92 Å². The van der Waals surface area contributed by atoms with E-state index in [1.165, 1.54) is 12.1 Å². The zero-order valence-electron chi connectivity index (χ0n) is 15.8. The zero-order valence-corrected chi connectivity index (χ0v) is 15.8. The molecule has 1 N–H and O–H groups in total. The van der Waals surface area contributed by atoms with Gasteiger partial charge in [0.1, 0.15) is 5.82 Å². The summed E-state index contributed by atoms with van der Waals surface area (Å²) in [6, 6.07) is 14.7. The number of piperazine rings is 1. The SMILES string of the molecule is CC(=O)c1cccc(CN2CCN(Cc3ccc(F)cc3)C(CCO)C2)c1. The van der Waals surface area contributed by atoms with Gasteiger partial charge < -0.3 is 5.11 Å². The fraction of sp³-hybridized carbons (Fsp3) is 0.409. The molecule has 0 spiro atoms. The van der Waals surface area contributed by atoms with Gasteiger partial charge in [-0.1, -0.05) is 30.3 Å². The third kappa shape index (κ3) is 5.45. The smallest absolute Gasteiger partial charge is 0.159 e. The van der Waals surface area contributed by atoms with Crippen LogP contribution in [0, 0.1) is 5.82 Å². The summed E-state index contributed by atoms with van der Waals surface area (Å²) in [7, 11) is 0. The van der Waals surface area contributed by atoms with Gasteiger partial charge in [-0.2, -0.15) is 0 Å². The first-order chi connectivity index (χ1) is 13.0. The van der Waals surface area contributed by atoms with Gasteiger partial charge in [-0.3, -0.25) is 14.6 Å². The highest BCUT2D eigenvalue weighted by Gasteiger charge is 2.26. The summed E-state index contributed by atoms with van der Waals surface area (Å²) in [4.78, 5) is 16.3. The number of halogens is 1. The van der Waals surface area contributed by atoms with E-state index in [1.807, 2.05) is 30.3 Å². The van der Waals surface area contributed by atoms with Gasteiger partial charge in [0.2, 0.25) is 0 Å². The third-order valence-corrected chi connectivity index (χ3v) is 5.19. The molecular weight excluding hydrogens is 343 g/mol. The summed E-state index contributed by atoms with van der Waals surface area (Å²) in [5.41, 5.74) is 2.97. The van der Waals surface area contributed by atoms with Crippen LogP contribution >= 0.6 is 0 Å². The number of carbonyl (C=O) groups is 1. The van der Waals surface area contributed by atoms with Gasteiger partial charge in [-0.05, 0) is 42.7 Å². The van der Waals surface area contributed by atoms with Crippen molar-refractivity contribution >= 4 is 5.78 Å². The van der Waals surface area contributed by atoms with Crippen molar-refractivity contribution in [3.63, 3.8) is 0 Å². The van der Waals surface area contributed by atoms with Crippen molar-refractivity contribution in [3.8, 4) is 0 Å². The largest absolute Gasteiger partial charge is 0.396 e. The van der Waals surface area contributed by atoms with E-state index in [0.29, 0.717) is 6.42 Å². The number of rotatable bonds is 7. The Hall–Kier alpha value is -2.08. The van der Waals surface area contributed by atoms with Gasteiger partial charge in [0.05, 0.1) is 0 Å². The van der Waals surface area contributed by atoms with Gasteiger partial charge in [0.25, 0.3) is 0 Å². The molecule has 144 valence electrons. The minimum Gasteiger partial charge on any atom is -0.396 e. The lowest BCUT2D eigenvalue weighted by molar-refractivity contribution is 0.0499. The van der Waals surface area contributed by atoms with Crippen LogP contribution in [0.2, 0.25) is 0 Å². The van der Waals surface area contributed by atoms with Crippen molar-refractivity contribution in [1.29, 1.82) is 0 Å². The molecule has 0 aliphatic carbocycles. The van der Waals surface area contributed by atoms with Crippen LogP contribution in [0.1, 0.15) is 34.8 Å². The first-order valence-corrected chi connectivity index (χ1v) is 9.47. The molecule has 4 nitrogen and oxygen atoms in total. The molecule has 27 heavy (non-hydrogen) atoms. The van der Waals surface area contributed by atoms with Crippen molar-refractivity contribution in [2.75, 3.05) is 26.2 Å². The Kier molecular flexibility index (Phi) is 6.72. The van der Waals surface area contributed by atoms with E-state index >= 15 is 0 Å². The van der Waals surface area contributed by atoms with Crippen LogP contribution in [0.5, 0.6) is 0 Å². The maximum Gasteiger partial charge on any atom is 0.159 e. The Balaban J connectivity index is 1.63. The second-order valence-corrected chi connectivity index (χ2v) is 7.25. The van der Waals surface area contributed by atoms with Crippen LogP contribution in [0.4, 0.5) is 4.39 Å². The van der Waals surface area contributed by atoms with Gasteiger partial charge in [-0.25, -0.2) is 4.39 Å². The Morgan fingerprint density at radius 3 is 2.59 bits per heavy atom. The predicted molar refractivity (Wildman–Crippen MR) is 104 cm³/mol. The molecule has 2 aromatic rings. The summed E-state index contributed by atoms with van der Waals surface area (Å²) in [6.45, 7) is 5.99. The van der Waals surface area contributed by atoms with Crippen molar-refractivity contribution in [1.82, 2.24) is 9.80 Å². The van der Waals surface area contributed by atoms with E-state index in [-0.39, 0.29) is 24.2 Å². The molecule has 0 radical (unpaired) electrons. The quantitative estimate of drug-likeness (QED) is 0.761. The van der Waals surface area contributed by atoms with Gasteiger partial charge >= 0.3 is 0 Å². The first-order valence-electron chi connectivity index (χ1n) is 9.47. The van der Waals surface area contributed by atoms with Crippen LogP contribution in [0.3, 0.4) is 0 Å². The van der Waals surface area contributed by atoms with E-state index in [2.05, 4.69) is 15.9 Å². The lowest BCUT2D eigenvalue weighted by atomic mass is 10.0. The van der Waals surface area contributed by atoms with Crippen LogP contribution in [-0.4, -0.2) is 53.0 Å². The highest BCUT2D eigenvalue weighted by atomic mass is 19.1. The highest BCUT2D eigenvalue weighted by Crippen LogP contribution is 2.19. The second-order valence-electron chi connectivity index (χ2n) is 7.25. The summed E-state index contributed by atoms with van der Waals surface area (Å²) < 4.78 is 13.1. The fourth-order valence-electron chi connectivity index (χ4n) is 3.70. The normalized spacial score (nSPS) is 18.6. The molecule has 1 unspecified atom stereocenters. The van der Waals surface area contributed by atoms with Crippen LogP contribution in [-0.2, 0) is 13.1 Å². The number of Topliss-reactive ketones (excluding diaryl/α,β-unsaturated/α-hetero) is 1. The van der Waals surface area contributed by atoms with Gasteiger partial charge in [0, 0.05) is 50.9 Å². The van der Waals surface area contributed by atoms with Crippen LogP contribution < -0.4 is 0 Å². The number of hydrogen-bond acceptors (Lipinski definition) is 4. The molecule has 0 bridgehead atoms. The monoisotopic (exact) mass is 370 g/mol. The molecule has 1 heterocycles. The fourth-order valence-corrected chi connectivity index (χ4v) is 3.70. The Morgan fingerprint density at radius 1 is 1.11 bits per heavy atom. The summed E-state index contributed by atoms with van der Waals surface area (Å²) in [5, 5.41) is 9.48. The summed E-state index contributed by atoms with van der Waals surface area (Å²) in [5.74, 6) is -0.137. The zero-order chi connectivity index (χ0) is 19.2. The molecular formula is C22H27FN2O2. The Bertz CT molecular complexity index is 763. The molecule has 1 atom stereocenters. The van der Waals surface area contributed by atoms with E-state index in [9.17, 15) is 14.3 Å². The number of ketones is 1. The highest BCUT2D eigenvalue weighted by molar-refractivity contribution is 5.94. The molecule has 1 saturated heterocycles. The summed E-state index contributed by atoms with van der Waals surface area (Å²) in [6.07, 6.45) is 0.713. The molecule has 3 rings (SSSR count). The number of aliphatic hydroxyl groups is 1. The average molecular weight is 370 g/mol. The van der Waals surface area contributed by atoms with E-state index in [4.69, 9.17) is 0 Å². The van der Waals surface area contributed by atoms with Gasteiger partial charge in [0.15, 0.2) is 5.78 Å². The lowest BCUT2D eigenvalue weighted by Gasteiger charge is -2.41. The molecule has 0 saturated carbocycles. The molecule has 1 aliphatic heterocycles. The van der Waals surface area contributed by atoms with Crippen LogP contribution in [0.15, 0.2) is 48.5 Å². The molecule has 1 aliphatic rings. The topological polar surface area (TPSA) is 43.8 Å². The minimum atomic E-state index is -0.219. The lowest BCUT2D eigenvalue weighted by Crippen LogP contribution is -2.52. The maximum atomic E-state index is 13.1. The molecule has 1 fully saturated rings. The van der Waals surface area contributed by atoms with E-state index < -0.39 is 0 Å². The Labute approximate surface area is 160 Å². The first kappa shape index (κ1) is 19.7. The molecule has 2 aromatic carbocycles. The number of nitrogens with zero attached hydrogens (tertiary/aromatic N) is 2. The number of benzene rings is 2. The molecule has 0 aromatic heterocycles. The predicted octanol–water partition coefficient (Wildman–Crippen LogP) is 3.10. The van der Waals surface area contributed by atoms with Gasteiger partial charge in [-0.15, -0.1) is 0 Å². The standard InChI is InChI=1S/C22H27FN2O2/c1-17(27)20-4-2-3-19(13-20)14-24-10-11-25(22(16-24)9-12-26)15-18-5-7-21(23)8-6-18/h2-8,13,22,26H,9-12,14-16H2,1H3. The van der Waals surface area contributed by atoms with Crippen LogP contribution in [0.25, 0.3) is 0 Å². The number of carbonyl (C=O) groups excluding carboxylic acids is 1. The Morgan fingerprint density at radius 2 is 1.89 bits per heavy atom. The number of hydrogen-bond donors (Lipinski definition) is 1.